The van der Waals surface area contributed by atoms with Crippen LogP contribution in [0, 0.1) is 50.7 Å². The number of nitrogens with one attached hydrogen (secondary N) is 1. The minimum atomic E-state index is -4.85. The van der Waals surface area contributed by atoms with Crippen LogP contribution in [0.25, 0.3) is 0 Å². The first-order valence-electron chi connectivity index (χ1n) is 15.1. The summed E-state index contributed by atoms with van der Waals surface area (Å²) < 4.78 is 67.6. The van der Waals surface area contributed by atoms with E-state index >= 15 is 0 Å². The van der Waals surface area contributed by atoms with Crippen molar-refractivity contribution < 1.29 is 31.2 Å². The largest absolute Gasteiger partial charge is 0.404 e. The lowest BCUT2D eigenvalue weighted by Gasteiger charge is -2.63. The Bertz CT molecular complexity index is 1360. The maximum absolute atomic E-state index is 13.7. The van der Waals surface area contributed by atoms with Crippen molar-refractivity contribution in [3.05, 3.63) is 23.3 Å². The SMILES string of the molecule is CC1C(=O)C=C2[C@@]3(C)C=C(C#N)C(=O)[C@@H](C)[C@@H]3CC[C@@]2(C)[C@]1(C)CCC1(NS(=O)(=O)CC(F)(F)F)CCC(C)(C)CC1. The molecule has 1 unspecified atom stereocenters. The van der Waals surface area contributed by atoms with Gasteiger partial charge in [0, 0.05) is 22.8 Å². The predicted octanol–water partition coefficient (Wildman–Crippen LogP) is 6.83. The first-order chi connectivity index (χ1) is 19.0. The Morgan fingerprint density at radius 1 is 1.00 bits per heavy atom. The molecule has 0 radical (unpaired) electrons. The van der Waals surface area contributed by atoms with Crippen molar-refractivity contribution in [1.29, 1.82) is 5.26 Å². The van der Waals surface area contributed by atoms with Crippen LogP contribution in [0.1, 0.15) is 99.8 Å². The lowest BCUT2D eigenvalue weighted by molar-refractivity contribution is -0.132. The fourth-order valence-electron chi connectivity index (χ4n) is 8.86. The molecule has 0 aliphatic heterocycles. The van der Waals surface area contributed by atoms with Crippen LogP contribution in [0.15, 0.2) is 23.3 Å². The van der Waals surface area contributed by atoms with E-state index in [1.165, 1.54) is 0 Å². The normalized spacial score (nSPS) is 38.1. The van der Waals surface area contributed by atoms with Crippen LogP contribution < -0.4 is 4.72 Å². The molecule has 6 atom stereocenters. The van der Waals surface area contributed by atoms with Gasteiger partial charge >= 0.3 is 6.18 Å². The van der Waals surface area contributed by atoms with E-state index in [0.29, 0.717) is 44.9 Å². The molecule has 42 heavy (non-hydrogen) atoms. The summed E-state index contributed by atoms with van der Waals surface area (Å²) in [6.45, 7) is 14.1. The fraction of sp³-hybridized carbons (Fsp3) is 0.781. The molecule has 0 saturated heterocycles. The maximum Gasteiger partial charge on any atom is 0.404 e. The average Bonchev–Trinajstić information content (AvgIpc) is 2.86. The molecule has 2 fully saturated rings. The molecule has 0 aromatic rings. The number of hydrogen-bond donors (Lipinski definition) is 1. The molecule has 10 heteroatoms. The number of sulfonamides is 1. The van der Waals surface area contributed by atoms with Gasteiger partial charge in [-0.2, -0.15) is 18.4 Å². The van der Waals surface area contributed by atoms with Gasteiger partial charge < -0.3 is 0 Å². The number of nitriles is 1. The summed E-state index contributed by atoms with van der Waals surface area (Å²) in [5, 5.41) is 9.75. The van der Waals surface area contributed by atoms with Crippen molar-refractivity contribution in [2.75, 3.05) is 5.75 Å². The number of hydrogen-bond acceptors (Lipinski definition) is 5. The Morgan fingerprint density at radius 2 is 1.60 bits per heavy atom. The number of Topliss-reactive ketones (excluding diaryl/α,β-unsaturated/α-hetero) is 1. The number of alkyl halides is 3. The average molecular weight is 611 g/mol. The maximum atomic E-state index is 13.7. The number of carbonyl (C=O) groups excluding carboxylic acids is 2. The summed E-state index contributed by atoms with van der Waals surface area (Å²) in [5.74, 6) is -2.98. The van der Waals surface area contributed by atoms with Gasteiger partial charge in [0.2, 0.25) is 10.0 Å². The summed E-state index contributed by atoms with van der Waals surface area (Å²) in [7, 11) is -4.64. The second-order valence-electron chi connectivity index (χ2n) is 15.1. The summed E-state index contributed by atoms with van der Waals surface area (Å²) >= 11 is 0. The minimum absolute atomic E-state index is 0.0499. The number of rotatable bonds is 6. The Hall–Kier alpha value is -1.99. The number of nitrogens with zero attached hydrogens (tertiary/aromatic N) is 1. The highest BCUT2D eigenvalue weighted by molar-refractivity contribution is 7.89. The number of ketones is 2. The molecule has 4 aliphatic rings. The Balaban J connectivity index is 1.74. The van der Waals surface area contributed by atoms with Crippen LogP contribution in [0.3, 0.4) is 0 Å². The van der Waals surface area contributed by atoms with E-state index < -0.39 is 49.7 Å². The van der Waals surface area contributed by atoms with E-state index in [1.807, 2.05) is 20.8 Å². The topological polar surface area (TPSA) is 104 Å². The molecular formula is C32H45F3N2O4S. The lowest BCUT2D eigenvalue weighted by Crippen LogP contribution is -2.59. The molecule has 0 heterocycles. The highest BCUT2D eigenvalue weighted by Gasteiger charge is 2.63. The monoisotopic (exact) mass is 610 g/mol. The van der Waals surface area contributed by atoms with Gasteiger partial charge in [-0.1, -0.05) is 60.1 Å². The molecule has 234 valence electrons. The highest BCUT2D eigenvalue weighted by atomic mass is 32.2. The Morgan fingerprint density at radius 3 is 2.14 bits per heavy atom. The van der Waals surface area contributed by atoms with E-state index in [9.17, 15) is 36.4 Å². The van der Waals surface area contributed by atoms with Crippen molar-refractivity contribution in [3.63, 3.8) is 0 Å². The number of allylic oxidation sites excluding steroid dienone is 4. The molecule has 0 bridgehead atoms. The first kappa shape index (κ1) is 32.9. The molecule has 1 N–H and O–H groups in total. The summed E-state index contributed by atoms with van der Waals surface area (Å²) in [6.07, 6.45) is 2.97. The zero-order chi connectivity index (χ0) is 31.7. The molecule has 0 spiro atoms. The number of carbonyl (C=O) groups is 2. The minimum Gasteiger partial charge on any atom is -0.295 e. The van der Waals surface area contributed by atoms with Gasteiger partial charge in [0.15, 0.2) is 17.3 Å². The van der Waals surface area contributed by atoms with E-state index in [4.69, 9.17) is 0 Å². The van der Waals surface area contributed by atoms with Gasteiger partial charge in [-0.15, -0.1) is 0 Å². The van der Waals surface area contributed by atoms with Crippen molar-refractivity contribution in [1.82, 2.24) is 4.72 Å². The highest BCUT2D eigenvalue weighted by Crippen LogP contribution is 2.68. The van der Waals surface area contributed by atoms with Crippen LogP contribution in [0.4, 0.5) is 13.2 Å². The van der Waals surface area contributed by atoms with Crippen molar-refractivity contribution in [2.24, 2.45) is 39.4 Å². The third-order valence-corrected chi connectivity index (χ3v) is 13.5. The standard InChI is InChI=1S/C32H45F3N2O4S/c1-20-23-8-9-30(7)25(28(23,5)17-22(18-36)26(20)39)16-24(38)21(2)29(30,6)12-15-31(13-10-27(3,4)11-14-31)37-42(40,41)19-32(33,34)35/h16-17,20-21,23,37H,8-15,19H2,1-7H3/t20-,21?,23-,28-,29+,30+/m0/s1. The molecule has 0 aromatic heterocycles. The summed E-state index contributed by atoms with van der Waals surface area (Å²) in [5.41, 5.74) is -1.90. The Kier molecular flexibility index (Phi) is 8.06. The van der Waals surface area contributed by atoms with E-state index in [2.05, 4.69) is 38.5 Å². The smallest absolute Gasteiger partial charge is 0.295 e. The molecule has 4 rings (SSSR count). The van der Waals surface area contributed by atoms with Crippen LogP contribution in [0.2, 0.25) is 0 Å². The Labute approximate surface area is 248 Å². The molecule has 0 amide bonds. The van der Waals surface area contributed by atoms with Gasteiger partial charge in [-0.3, -0.25) is 9.59 Å². The molecule has 2 saturated carbocycles. The molecular weight excluding hydrogens is 565 g/mol. The quantitative estimate of drug-likeness (QED) is 0.355. The van der Waals surface area contributed by atoms with Crippen molar-refractivity contribution in [2.45, 2.75) is 112 Å². The predicted molar refractivity (Wildman–Crippen MR) is 154 cm³/mol. The van der Waals surface area contributed by atoms with Crippen LogP contribution in [-0.4, -0.2) is 37.5 Å². The third kappa shape index (κ3) is 5.53. The van der Waals surface area contributed by atoms with Gasteiger partial charge in [0.25, 0.3) is 0 Å². The zero-order valence-electron chi connectivity index (χ0n) is 25.9. The van der Waals surface area contributed by atoms with Gasteiger partial charge in [0.05, 0.1) is 5.57 Å². The van der Waals surface area contributed by atoms with E-state index in [0.717, 1.165) is 12.0 Å². The second kappa shape index (κ2) is 10.3. The van der Waals surface area contributed by atoms with Crippen molar-refractivity contribution in [3.8, 4) is 6.07 Å². The third-order valence-electron chi connectivity index (χ3n) is 12.1. The van der Waals surface area contributed by atoms with Crippen molar-refractivity contribution >= 4 is 21.6 Å². The van der Waals surface area contributed by atoms with Gasteiger partial charge in [-0.05, 0) is 79.6 Å². The van der Waals surface area contributed by atoms with E-state index in [-0.39, 0.29) is 34.4 Å². The van der Waals surface area contributed by atoms with Crippen LogP contribution in [0.5, 0.6) is 0 Å². The summed E-state index contributed by atoms with van der Waals surface area (Å²) in [4.78, 5) is 26.5. The van der Waals surface area contributed by atoms with E-state index in [1.54, 1.807) is 12.2 Å². The number of fused-ring (bicyclic) bond motifs is 3. The molecule has 6 nitrogen and oxygen atoms in total. The van der Waals surface area contributed by atoms with Gasteiger partial charge in [0.1, 0.15) is 6.07 Å². The lowest BCUT2D eigenvalue weighted by atomic mass is 9.40. The zero-order valence-corrected chi connectivity index (χ0v) is 26.7. The first-order valence-corrected chi connectivity index (χ1v) is 16.7. The van der Waals surface area contributed by atoms with Crippen LogP contribution >= 0.6 is 0 Å². The van der Waals surface area contributed by atoms with Gasteiger partial charge in [-0.25, -0.2) is 13.1 Å². The fourth-order valence-corrected chi connectivity index (χ4v) is 10.3. The molecule has 0 aromatic carbocycles. The second-order valence-corrected chi connectivity index (χ2v) is 16.8. The van der Waals surface area contributed by atoms with Crippen LogP contribution in [-0.2, 0) is 19.6 Å². The number of halogens is 3. The summed E-state index contributed by atoms with van der Waals surface area (Å²) in [6, 6.07) is 2.06. The molecule has 4 aliphatic carbocycles.